The Balaban J connectivity index is 1.31. The van der Waals surface area contributed by atoms with Gasteiger partial charge in [0.1, 0.15) is 23.9 Å². The second-order valence-corrected chi connectivity index (χ2v) is 8.89. The molecule has 0 radical (unpaired) electrons. The van der Waals surface area contributed by atoms with E-state index >= 15 is 0 Å². The molecule has 1 fully saturated rings. The van der Waals surface area contributed by atoms with Gasteiger partial charge in [0, 0.05) is 34.7 Å². The lowest BCUT2D eigenvalue weighted by Gasteiger charge is -2.39. The molecule has 1 aliphatic heterocycles. The van der Waals surface area contributed by atoms with Crippen molar-refractivity contribution in [1.82, 2.24) is 9.88 Å². The fraction of sp³-hybridized carbons (Fsp3) is 0.462. The molecule has 1 saturated carbocycles. The number of halogens is 1. The molecule has 1 aromatic heterocycles. The number of methoxy groups -OCH3 is 1. The first kappa shape index (κ1) is 20.4. The van der Waals surface area contributed by atoms with E-state index in [0.717, 1.165) is 54.8 Å². The molecule has 0 bridgehead atoms. The summed E-state index contributed by atoms with van der Waals surface area (Å²) in [5.41, 5.74) is 3.40. The summed E-state index contributed by atoms with van der Waals surface area (Å²) in [5, 5.41) is 1.01. The standard InChI is InChI=1S/C26H31FN2O2/c1-30-25-9-4-10-26-23(25)15-21(17-31-26)29(20-7-2-3-8-20)13-5-6-18-16-28-24-12-11-19(27)14-22(18)24/h4,9-12,14,16,20-21,28H,2-3,5-8,13,15,17H2,1H3. The van der Waals surface area contributed by atoms with Crippen LogP contribution in [0.15, 0.2) is 42.6 Å². The number of aryl methyl sites for hydroxylation is 1. The molecule has 1 unspecified atom stereocenters. The number of hydrogen-bond acceptors (Lipinski definition) is 3. The first-order valence-electron chi connectivity index (χ1n) is 11.5. The van der Waals surface area contributed by atoms with Crippen LogP contribution in [0.4, 0.5) is 4.39 Å². The van der Waals surface area contributed by atoms with Crippen LogP contribution in [0.2, 0.25) is 0 Å². The number of nitrogens with one attached hydrogen (secondary N) is 1. The van der Waals surface area contributed by atoms with Crippen molar-refractivity contribution in [3.63, 3.8) is 0 Å². The van der Waals surface area contributed by atoms with E-state index in [1.165, 1.54) is 42.9 Å². The zero-order chi connectivity index (χ0) is 21.2. The highest BCUT2D eigenvalue weighted by Gasteiger charge is 2.32. The van der Waals surface area contributed by atoms with E-state index in [4.69, 9.17) is 9.47 Å². The van der Waals surface area contributed by atoms with E-state index in [1.54, 1.807) is 13.2 Å². The lowest BCUT2D eigenvalue weighted by Crippen LogP contribution is -2.48. The summed E-state index contributed by atoms with van der Waals surface area (Å²) < 4.78 is 25.5. The van der Waals surface area contributed by atoms with Gasteiger partial charge in [0.15, 0.2) is 0 Å². The van der Waals surface area contributed by atoms with E-state index < -0.39 is 0 Å². The molecule has 1 aliphatic carbocycles. The number of aromatic amines is 1. The maximum Gasteiger partial charge on any atom is 0.126 e. The molecule has 164 valence electrons. The molecular formula is C26H31FN2O2. The minimum Gasteiger partial charge on any atom is -0.496 e. The summed E-state index contributed by atoms with van der Waals surface area (Å²) in [6, 6.07) is 12.1. The Morgan fingerprint density at radius 3 is 2.87 bits per heavy atom. The first-order valence-corrected chi connectivity index (χ1v) is 11.5. The average Bonchev–Trinajstić information content (AvgIpc) is 3.46. The van der Waals surface area contributed by atoms with Gasteiger partial charge >= 0.3 is 0 Å². The van der Waals surface area contributed by atoms with Crippen molar-refractivity contribution in [3.05, 3.63) is 59.5 Å². The second-order valence-electron chi connectivity index (χ2n) is 8.89. The SMILES string of the molecule is COc1cccc2c1CC(N(CCCc1c[nH]c3ccc(F)cc13)C1CCCC1)CO2. The van der Waals surface area contributed by atoms with Crippen molar-refractivity contribution < 1.29 is 13.9 Å². The molecule has 5 rings (SSSR count). The van der Waals surface area contributed by atoms with E-state index in [2.05, 4.69) is 9.88 Å². The number of benzene rings is 2. The Morgan fingerprint density at radius 1 is 1.16 bits per heavy atom. The predicted octanol–water partition coefficient (Wildman–Crippen LogP) is 5.50. The van der Waals surface area contributed by atoms with Crippen LogP contribution < -0.4 is 9.47 Å². The van der Waals surface area contributed by atoms with Gasteiger partial charge < -0.3 is 14.5 Å². The van der Waals surface area contributed by atoms with Gasteiger partial charge in [0.05, 0.1) is 7.11 Å². The fourth-order valence-corrected chi connectivity index (χ4v) is 5.48. The van der Waals surface area contributed by atoms with Gasteiger partial charge in [0.2, 0.25) is 0 Å². The minimum atomic E-state index is -0.173. The van der Waals surface area contributed by atoms with Crippen molar-refractivity contribution in [2.45, 2.75) is 57.0 Å². The van der Waals surface area contributed by atoms with E-state index in [9.17, 15) is 4.39 Å². The van der Waals surface area contributed by atoms with Gasteiger partial charge in [-0.2, -0.15) is 0 Å². The Morgan fingerprint density at radius 2 is 2.03 bits per heavy atom. The fourth-order valence-electron chi connectivity index (χ4n) is 5.48. The summed E-state index contributed by atoms with van der Waals surface area (Å²) in [4.78, 5) is 5.97. The summed E-state index contributed by atoms with van der Waals surface area (Å²) >= 11 is 0. The van der Waals surface area contributed by atoms with Crippen LogP contribution >= 0.6 is 0 Å². The summed E-state index contributed by atoms with van der Waals surface area (Å²) in [6.07, 6.45) is 10.2. The highest BCUT2D eigenvalue weighted by Crippen LogP contribution is 2.36. The van der Waals surface area contributed by atoms with Crippen molar-refractivity contribution in [2.24, 2.45) is 0 Å². The highest BCUT2D eigenvalue weighted by atomic mass is 19.1. The normalized spacial score (nSPS) is 19.0. The third-order valence-electron chi connectivity index (χ3n) is 7.04. The Kier molecular flexibility index (Phi) is 5.86. The average molecular weight is 423 g/mol. The Hall–Kier alpha value is -2.53. The number of hydrogen-bond donors (Lipinski definition) is 1. The molecule has 0 saturated heterocycles. The monoisotopic (exact) mass is 422 g/mol. The molecule has 2 heterocycles. The third-order valence-corrected chi connectivity index (χ3v) is 7.04. The Labute approximate surface area is 183 Å². The zero-order valence-corrected chi connectivity index (χ0v) is 18.2. The van der Waals surface area contributed by atoms with Gasteiger partial charge in [-0.05, 0) is 74.5 Å². The third kappa shape index (κ3) is 4.16. The van der Waals surface area contributed by atoms with E-state index in [0.29, 0.717) is 12.1 Å². The van der Waals surface area contributed by atoms with Crippen LogP contribution in [-0.2, 0) is 12.8 Å². The number of H-pyrrole nitrogens is 1. The quantitative estimate of drug-likeness (QED) is 0.547. The molecule has 1 N–H and O–H groups in total. The molecule has 0 amide bonds. The molecule has 1 atom stereocenters. The second kappa shape index (κ2) is 8.91. The van der Waals surface area contributed by atoms with Crippen molar-refractivity contribution in [3.8, 4) is 11.5 Å². The van der Waals surface area contributed by atoms with E-state index in [-0.39, 0.29) is 5.82 Å². The van der Waals surface area contributed by atoms with Gasteiger partial charge in [-0.25, -0.2) is 4.39 Å². The van der Waals surface area contributed by atoms with Crippen LogP contribution in [0.25, 0.3) is 10.9 Å². The van der Waals surface area contributed by atoms with Crippen LogP contribution in [-0.4, -0.2) is 42.2 Å². The maximum absolute atomic E-state index is 13.7. The minimum absolute atomic E-state index is 0.173. The number of rotatable bonds is 7. The smallest absolute Gasteiger partial charge is 0.126 e. The number of fused-ring (bicyclic) bond motifs is 2. The van der Waals surface area contributed by atoms with Crippen LogP contribution in [0.5, 0.6) is 11.5 Å². The van der Waals surface area contributed by atoms with Gasteiger partial charge in [-0.3, -0.25) is 4.90 Å². The lowest BCUT2D eigenvalue weighted by molar-refractivity contribution is 0.0794. The van der Waals surface area contributed by atoms with Gasteiger partial charge in [-0.1, -0.05) is 18.9 Å². The molecular weight excluding hydrogens is 391 g/mol. The zero-order valence-electron chi connectivity index (χ0n) is 18.2. The highest BCUT2D eigenvalue weighted by molar-refractivity contribution is 5.83. The number of nitrogens with zero attached hydrogens (tertiary/aromatic N) is 1. The van der Waals surface area contributed by atoms with Crippen LogP contribution in [0, 0.1) is 5.82 Å². The molecule has 3 aromatic rings. The van der Waals surface area contributed by atoms with Crippen molar-refractivity contribution in [2.75, 3.05) is 20.3 Å². The lowest BCUT2D eigenvalue weighted by atomic mass is 9.98. The molecule has 0 spiro atoms. The predicted molar refractivity (Wildman–Crippen MR) is 122 cm³/mol. The van der Waals surface area contributed by atoms with Crippen LogP contribution in [0.3, 0.4) is 0 Å². The molecule has 5 heteroatoms. The topological polar surface area (TPSA) is 37.5 Å². The number of ether oxygens (including phenoxy) is 2. The largest absolute Gasteiger partial charge is 0.496 e. The van der Waals surface area contributed by atoms with Gasteiger partial charge in [-0.15, -0.1) is 0 Å². The van der Waals surface area contributed by atoms with Gasteiger partial charge in [0.25, 0.3) is 0 Å². The molecule has 2 aromatic carbocycles. The molecule has 31 heavy (non-hydrogen) atoms. The van der Waals surface area contributed by atoms with Crippen molar-refractivity contribution in [1.29, 1.82) is 0 Å². The first-order chi connectivity index (χ1) is 15.2. The summed E-state index contributed by atoms with van der Waals surface area (Å²) in [7, 11) is 1.73. The summed E-state index contributed by atoms with van der Waals surface area (Å²) in [6.45, 7) is 1.76. The Bertz CT molecular complexity index is 1030. The maximum atomic E-state index is 13.7. The molecule has 4 nitrogen and oxygen atoms in total. The van der Waals surface area contributed by atoms with Crippen molar-refractivity contribution >= 4 is 10.9 Å². The van der Waals surface area contributed by atoms with Crippen LogP contribution in [0.1, 0.15) is 43.2 Å². The van der Waals surface area contributed by atoms with E-state index in [1.807, 2.05) is 30.5 Å². The summed E-state index contributed by atoms with van der Waals surface area (Å²) in [5.74, 6) is 1.71. The number of aromatic nitrogens is 1. The molecule has 2 aliphatic rings.